The maximum Gasteiger partial charge on any atom is 0.123 e. The molecule has 1 fully saturated rings. The lowest BCUT2D eigenvalue weighted by atomic mass is 10.2. The van der Waals surface area contributed by atoms with Gasteiger partial charge in [-0.2, -0.15) is 0 Å². The van der Waals surface area contributed by atoms with Crippen LogP contribution in [0.2, 0.25) is 0 Å². The SMILES string of the molecule is COc1ccccc1CN(CCN)C1CC1. The van der Waals surface area contributed by atoms with Gasteiger partial charge >= 0.3 is 0 Å². The van der Waals surface area contributed by atoms with E-state index in [1.54, 1.807) is 7.11 Å². The van der Waals surface area contributed by atoms with Gasteiger partial charge in [-0.15, -0.1) is 0 Å². The summed E-state index contributed by atoms with van der Waals surface area (Å²) in [4.78, 5) is 2.46. The van der Waals surface area contributed by atoms with Crippen LogP contribution >= 0.6 is 0 Å². The summed E-state index contributed by atoms with van der Waals surface area (Å²) in [5, 5.41) is 0. The normalized spacial score (nSPS) is 15.4. The van der Waals surface area contributed by atoms with Gasteiger partial charge in [0.05, 0.1) is 7.11 Å². The summed E-state index contributed by atoms with van der Waals surface area (Å²) in [7, 11) is 1.73. The van der Waals surface area contributed by atoms with Gasteiger partial charge in [0.1, 0.15) is 5.75 Å². The van der Waals surface area contributed by atoms with Crippen LogP contribution in [-0.4, -0.2) is 31.1 Å². The first-order valence-electron chi connectivity index (χ1n) is 5.91. The van der Waals surface area contributed by atoms with Crippen LogP contribution in [0.15, 0.2) is 24.3 Å². The van der Waals surface area contributed by atoms with Crippen molar-refractivity contribution >= 4 is 0 Å². The topological polar surface area (TPSA) is 38.5 Å². The lowest BCUT2D eigenvalue weighted by molar-refractivity contribution is 0.258. The van der Waals surface area contributed by atoms with Crippen LogP contribution in [0.1, 0.15) is 18.4 Å². The van der Waals surface area contributed by atoms with Crippen LogP contribution in [0, 0.1) is 0 Å². The standard InChI is InChI=1S/C13H20N2O/c1-16-13-5-3-2-4-11(13)10-15(9-8-14)12-6-7-12/h2-5,12H,6-10,14H2,1H3. The van der Waals surface area contributed by atoms with Gasteiger partial charge in [0.25, 0.3) is 0 Å². The smallest absolute Gasteiger partial charge is 0.123 e. The maximum atomic E-state index is 5.65. The Kier molecular flexibility index (Phi) is 3.80. The molecule has 1 aliphatic rings. The van der Waals surface area contributed by atoms with E-state index >= 15 is 0 Å². The lowest BCUT2D eigenvalue weighted by Gasteiger charge is -2.22. The maximum absolute atomic E-state index is 5.65. The van der Waals surface area contributed by atoms with E-state index in [1.807, 2.05) is 12.1 Å². The van der Waals surface area contributed by atoms with Crippen molar-refractivity contribution in [2.24, 2.45) is 5.73 Å². The summed E-state index contributed by atoms with van der Waals surface area (Å²) in [6, 6.07) is 8.96. The number of benzene rings is 1. The van der Waals surface area contributed by atoms with Crippen molar-refractivity contribution in [1.82, 2.24) is 4.90 Å². The molecular weight excluding hydrogens is 200 g/mol. The molecule has 3 nitrogen and oxygen atoms in total. The highest BCUT2D eigenvalue weighted by atomic mass is 16.5. The molecule has 0 aromatic heterocycles. The molecule has 0 atom stereocenters. The molecule has 16 heavy (non-hydrogen) atoms. The highest BCUT2D eigenvalue weighted by Crippen LogP contribution is 2.29. The monoisotopic (exact) mass is 220 g/mol. The molecule has 0 amide bonds. The van der Waals surface area contributed by atoms with E-state index in [-0.39, 0.29) is 0 Å². The molecule has 1 saturated carbocycles. The van der Waals surface area contributed by atoms with Crippen molar-refractivity contribution in [3.05, 3.63) is 29.8 Å². The lowest BCUT2D eigenvalue weighted by Crippen LogP contribution is -2.31. The summed E-state index contributed by atoms with van der Waals surface area (Å²) in [5.41, 5.74) is 6.90. The minimum Gasteiger partial charge on any atom is -0.496 e. The number of rotatable bonds is 6. The second-order valence-electron chi connectivity index (χ2n) is 4.30. The average molecular weight is 220 g/mol. The molecule has 0 bridgehead atoms. The molecule has 0 spiro atoms. The van der Waals surface area contributed by atoms with Crippen LogP contribution in [0.4, 0.5) is 0 Å². The van der Waals surface area contributed by atoms with E-state index in [4.69, 9.17) is 10.5 Å². The molecule has 1 aliphatic carbocycles. The summed E-state index contributed by atoms with van der Waals surface area (Å²) in [6.45, 7) is 2.65. The van der Waals surface area contributed by atoms with Crippen LogP contribution in [0.25, 0.3) is 0 Å². The van der Waals surface area contributed by atoms with E-state index in [0.717, 1.165) is 31.4 Å². The quantitative estimate of drug-likeness (QED) is 0.791. The highest BCUT2D eigenvalue weighted by Gasteiger charge is 2.28. The molecule has 0 saturated heterocycles. The second-order valence-corrected chi connectivity index (χ2v) is 4.30. The van der Waals surface area contributed by atoms with Crippen molar-refractivity contribution in [3.63, 3.8) is 0 Å². The zero-order valence-electron chi connectivity index (χ0n) is 9.86. The van der Waals surface area contributed by atoms with Gasteiger partial charge < -0.3 is 10.5 Å². The number of methoxy groups -OCH3 is 1. The van der Waals surface area contributed by atoms with Gasteiger partial charge in [0.15, 0.2) is 0 Å². The van der Waals surface area contributed by atoms with Gasteiger partial charge in [0.2, 0.25) is 0 Å². The van der Waals surface area contributed by atoms with Crippen LogP contribution in [-0.2, 0) is 6.54 Å². The van der Waals surface area contributed by atoms with Gasteiger partial charge in [-0.3, -0.25) is 4.90 Å². The first-order chi connectivity index (χ1) is 7.85. The van der Waals surface area contributed by atoms with Crippen molar-refractivity contribution in [2.75, 3.05) is 20.2 Å². The van der Waals surface area contributed by atoms with Gasteiger partial charge in [-0.1, -0.05) is 18.2 Å². The Hall–Kier alpha value is -1.06. The number of hydrogen-bond acceptors (Lipinski definition) is 3. The molecule has 0 radical (unpaired) electrons. The summed E-state index contributed by atoms with van der Waals surface area (Å²) in [6.07, 6.45) is 2.63. The minimum atomic E-state index is 0.728. The van der Waals surface area contributed by atoms with Gasteiger partial charge in [-0.05, 0) is 18.9 Å². The summed E-state index contributed by atoms with van der Waals surface area (Å²) >= 11 is 0. The third-order valence-corrected chi connectivity index (χ3v) is 3.05. The predicted molar refractivity (Wildman–Crippen MR) is 65.5 cm³/mol. The molecule has 0 heterocycles. The third-order valence-electron chi connectivity index (χ3n) is 3.05. The Morgan fingerprint density at radius 1 is 1.38 bits per heavy atom. The Morgan fingerprint density at radius 2 is 2.12 bits per heavy atom. The minimum absolute atomic E-state index is 0.728. The van der Waals surface area contributed by atoms with Crippen molar-refractivity contribution < 1.29 is 4.74 Å². The molecule has 0 aliphatic heterocycles. The van der Waals surface area contributed by atoms with Crippen molar-refractivity contribution in [3.8, 4) is 5.75 Å². The third kappa shape index (κ3) is 2.74. The molecule has 88 valence electrons. The summed E-state index contributed by atoms with van der Waals surface area (Å²) in [5.74, 6) is 0.977. The summed E-state index contributed by atoms with van der Waals surface area (Å²) < 4.78 is 5.37. The molecule has 3 heteroatoms. The molecule has 0 unspecified atom stereocenters. The fourth-order valence-corrected chi connectivity index (χ4v) is 2.05. The number of nitrogens with two attached hydrogens (primary N) is 1. The van der Waals surface area contributed by atoms with E-state index in [9.17, 15) is 0 Å². The Labute approximate surface area is 97.2 Å². The molecule has 2 N–H and O–H groups in total. The zero-order chi connectivity index (χ0) is 11.4. The van der Waals surface area contributed by atoms with Crippen molar-refractivity contribution in [2.45, 2.75) is 25.4 Å². The fraction of sp³-hybridized carbons (Fsp3) is 0.538. The largest absolute Gasteiger partial charge is 0.496 e. The number of hydrogen-bond donors (Lipinski definition) is 1. The fourth-order valence-electron chi connectivity index (χ4n) is 2.05. The Balaban J connectivity index is 2.05. The average Bonchev–Trinajstić information content (AvgIpc) is 3.13. The molecule has 1 aromatic carbocycles. The predicted octanol–water partition coefficient (Wildman–Crippen LogP) is 1.62. The zero-order valence-corrected chi connectivity index (χ0v) is 9.86. The van der Waals surface area contributed by atoms with E-state index in [0.29, 0.717) is 0 Å². The van der Waals surface area contributed by atoms with Crippen molar-refractivity contribution in [1.29, 1.82) is 0 Å². The second kappa shape index (κ2) is 5.32. The highest BCUT2D eigenvalue weighted by molar-refractivity contribution is 5.33. The number of para-hydroxylation sites is 1. The molecule has 1 aromatic rings. The Bertz CT molecular complexity index is 336. The Morgan fingerprint density at radius 3 is 2.75 bits per heavy atom. The van der Waals surface area contributed by atoms with Crippen LogP contribution in [0.5, 0.6) is 5.75 Å². The first-order valence-corrected chi connectivity index (χ1v) is 5.91. The first kappa shape index (κ1) is 11.4. The number of nitrogens with zero attached hydrogens (tertiary/aromatic N) is 1. The van der Waals surface area contributed by atoms with E-state index in [2.05, 4.69) is 17.0 Å². The number of ether oxygens (including phenoxy) is 1. The van der Waals surface area contributed by atoms with E-state index in [1.165, 1.54) is 18.4 Å². The van der Waals surface area contributed by atoms with E-state index < -0.39 is 0 Å². The van der Waals surface area contributed by atoms with Gasteiger partial charge in [0, 0.05) is 31.2 Å². The molecule has 2 rings (SSSR count). The molecular formula is C13H20N2O. The van der Waals surface area contributed by atoms with Gasteiger partial charge in [-0.25, -0.2) is 0 Å². The van der Waals surface area contributed by atoms with Crippen LogP contribution < -0.4 is 10.5 Å². The van der Waals surface area contributed by atoms with Crippen LogP contribution in [0.3, 0.4) is 0 Å².